The van der Waals surface area contributed by atoms with Gasteiger partial charge in [0.15, 0.2) is 5.82 Å². The zero-order valence-corrected chi connectivity index (χ0v) is 15.7. The molecule has 1 aromatic rings. The number of ether oxygens (including phenoxy) is 1. The lowest BCUT2D eigenvalue weighted by Gasteiger charge is -2.31. The van der Waals surface area contributed by atoms with Crippen LogP contribution in [0.4, 0.5) is 0 Å². The Balaban J connectivity index is 1.73. The van der Waals surface area contributed by atoms with Crippen molar-refractivity contribution in [3.63, 3.8) is 0 Å². The van der Waals surface area contributed by atoms with Crippen LogP contribution in [0, 0.1) is 0 Å². The standard InChI is InChI=1S/C19H31N3O3/c1-13(2)18-20-17(21-25-18)16-11-5-4-8-12-22(16)19(23)14(3)24-15-9-6-7-10-15/h13-16H,4-12H2,1-3H3. The van der Waals surface area contributed by atoms with Crippen LogP contribution < -0.4 is 0 Å². The fourth-order valence-electron chi connectivity index (χ4n) is 3.86. The van der Waals surface area contributed by atoms with Gasteiger partial charge in [0.2, 0.25) is 5.89 Å². The topological polar surface area (TPSA) is 68.5 Å². The van der Waals surface area contributed by atoms with Gasteiger partial charge in [-0.1, -0.05) is 44.7 Å². The highest BCUT2D eigenvalue weighted by atomic mass is 16.5. The van der Waals surface area contributed by atoms with Crippen molar-refractivity contribution in [2.75, 3.05) is 6.54 Å². The molecule has 0 aromatic carbocycles. The van der Waals surface area contributed by atoms with E-state index < -0.39 is 6.10 Å². The van der Waals surface area contributed by atoms with Crippen molar-refractivity contribution in [1.29, 1.82) is 0 Å². The Morgan fingerprint density at radius 3 is 2.52 bits per heavy atom. The number of aromatic nitrogens is 2. The van der Waals surface area contributed by atoms with E-state index in [1.54, 1.807) is 0 Å². The van der Waals surface area contributed by atoms with Crippen molar-refractivity contribution >= 4 is 5.91 Å². The first-order chi connectivity index (χ1) is 12.1. The Labute approximate surface area is 150 Å². The lowest BCUT2D eigenvalue weighted by Crippen LogP contribution is -2.42. The molecule has 0 bridgehead atoms. The van der Waals surface area contributed by atoms with Crippen molar-refractivity contribution in [1.82, 2.24) is 15.0 Å². The second-order valence-corrected chi connectivity index (χ2v) is 7.73. The highest BCUT2D eigenvalue weighted by molar-refractivity contribution is 5.81. The fourth-order valence-corrected chi connectivity index (χ4v) is 3.86. The molecule has 2 unspecified atom stereocenters. The number of likely N-dealkylation sites (tertiary alicyclic amines) is 1. The molecule has 2 fully saturated rings. The van der Waals surface area contributed by atoms with E-state index >= 15 is 0 Å². The molecule has 1 aliphatic carbocycles. The molecule has 0 spiro atoms. The van der Waals surface area contributed by atoms with E-state index in [4.69, 9.17) is 9.26 Å². The van der Waals surface area contributed by atoms with E-state index in [0.717, 1.165) is 45.1 Å². The molecule has 0 radical (unpaired) electrons. The van der Waals surface area contributed by atoms with Crippen molar-refractivity contribution < 1.29 is 14.1 Å². The molecular formula is C19H31N3O3. The van der Waals surface area contributed by atoms with Crippen molar-refractivity contribution in [2.45, 2.75) is 96.3 Å². The molecule has 1 amide bonds. The Bertz CT molecular complexity index is 566. The Morgan fingerprint density at radius 1 is 1.12 bits per heavy atom. The number of carbonyl (C=O) groups excluding carboxylic acids is 1. The molecule has 2 atom stereocenters. The smallest absolute Gasteiger partial charge is 0.252 e. The number of nitrogens with zero attached hydrogens (tertiary/aromatic N) is 3. The molecule has 2 heterocycles. The number of rotatable bonds is 5. The molecule has 1 saturated heterocycles. The molecule has 1 aromatic heterocycles. The third kappa shape index (κ3) is 4.40. The molecule has 3 rings (SSSR count). The summed E-state index contributed by atoms with van der Waals surface area (Å²) in [6.07, 6.45) is 8.52. The summed E-state index contributed by atoms with van der Waals surface area (Å²) in [5.41, 5.74) is 0. The van der Waals surface area contributed by atoms with Crippen LogP contribution in [0.5, 0.6) is 0 Å². The molecule has 25 heavy (non-hydrogen) atoms. The van der Waals surface area contributed by atoms with E-state index in [-0.39, 0.29) is 24.0 Å². The van der Waals surface area contributed by atoms with Gasteiger partial charge in [0.25, 0.3) is 5.91 Å². The summed E-state index contributed by atoms with van der Waals surface area (Å²) in [4.78, 5) is 19.6. The lowest BCUT2D eigenvalue weighted by atomic mass is 10.1. The van der Waals surface area contributed by atoms with Gasteiger partial charge in [0, 0.05) is 12.5 Å². The Morgan fingerprint density at radius 2 is 1.84 bits per heavy atom. The minimum Gasteiger partial charge on any atom is -0.365 e. The molecule has 1 saturated carbocycles. The van der Waals surface area contributed by atoms with Crippen LogP contribution in [0.25, 0.3) is 0 Å². The summed E-state index contributed by atoms with van der Waals surface area (Å²) >= 11 is 0. The monoisotopic (exact) mass is 349 g/mol. The van der Waals surface area contributed by atoms with Crippen LogP contribution in [-0.2, 0) is 9.53 Å². The highest BCUT2D eigenvalue weighted by Crippen LogP contribution is 2.31. The average molecular weight is 349 g/mol. The summed E-state index contributed by atoms with van der Waals surface area (Å²) in [6, 6.07) is -0.0964. The predicted molar refractivity (Wildman–Crippen MR) is 94.1 cm³/mol. The minimum absolute atomic E-state index is 0.0645. The molecule has 6 heteroatoms. The zero-order valence-electron chi connectivity index (χ0n) is 15.7. The Kier molecular flexibility index (Phi) is 6.10. The first kappa shape index (κ1) is 18.4. The van der Waals surface area contributed by atoms with Crippen LogP contribution in [0.3, 0.4) is 0 Å². The number of carbonyl (C=O) groups is 1. The second kappa shape index (κ2) is 8.30. The first-order valence-electron chi connectivity index (χ1n) is 9.85. The maximum Gasteiger partial charge on any atom is 0.252 e. The molecule has 6 nitrogen and oxygen atoms in total. The van der Waals surface area contributed by atoms with Gasteiger partial charge in [0.1, 0.15) is 6.10 Å². The van der Waals surface area contributed by atoms with E-state index in [1.165, 1.54) is 12.8 Å². The number of hydrogen-bond donors (Lipinski definition) is 0. The summed E-state index contributed by atoms with van der Waals surface area (Å²) < 4.78 is 11.4. The van der Waals surface area contributed by atoms with E-state index in [2.05, 4.69) is 10.1 Å². The van der Waals surface area contributed by atoms with Gasteiger partial charge in [-0.3, -0.25) is 4.79 Å². The van der Waals surface area contributed by atoms with Gasteiger partial charge in [0.05, 0.1) is 12.1 Å². The fraction of sp³-hybridized carbons (Fsp3) is 0.842. The molecular weight excluding hydrogens is 318 g/mol. The SMILES string of the molecule is CC(OC1CCCC1)C(=O)N1CCCCCC1c1noc(C(C)C)n1. The average Bonchev–Trinajstić information content (AvgIpc) is 3.22. The summed E-state index contributed by atoms with van der Waals surface area (Å²) in [5.74, 6) is 1.55. The van der Waals surface area contributed by atoms with E-state index in [9.17, 15) is 4.79 Å². The van der Waals surface area contributed by atoms with Gasteiger partial charge >= 0.3 is 0 Å². The van der Waals surface area contributed by atoms with Gasteiger partial charge in [-0.2, -0.15) is 4.98 Å². The lowest BCUT2D eigenvalue weighted by molar-refractivity contribution is -0.148. The normalized spacial score (nSPS) is 23.8. The van der Waals surface area contributed by atoms with Gasteiger partial charge in [-0.15, -0.1) is 0 Å². The summed E-state index contributed by atoms with van der Waals surface area (Å²) in [7, 11) is 0. The van der Waals surface area contributed by atoms with Gasteiger partial charge < -0.3 is 14.2 Å². The van der Waals surface area contributed by atoms with Gasteiger partial charge in [-0.05, 0) is 32.6 Å². The molecule has 1 aliphatic heterocycles. The van der Waals surface area contributed by atoms with Crippen LogP contribution >= 0.6 is 0 Å². The van der Waals surface area contributed by atoms with Crippen LogP contribution in [0.15, 0.2) is 4.52 Å². The van der Waals surface area contributed by atoms with Crippen LogP contribution in [0.2, 0.25) is 0 Å². The van der Waals surface area contributed by atoms with Crippen LogP contribution in [0.1, 0.15) is 95.8 Å². The number of hydrogen-bond acceptors (Lipinski definition) is 5. The van der Waals surface area contributed by atoms with Crippen LogP contribution in [-0.4, -0.2) is 39.7 Å². The van der Waals surface area contributed by atoms with Crippen molar-refractivity contribution in [3.05, 3.63) is 11.7 Å². The zero-order chi connectivity index (χ0) is 17.8. The summed E-state index contributed by atoms with van der Waals surface area (Å²) in [5, 5.41) is 4.18. The predicted octanol–water partition coefficient (Wildman–Crippen LogP) is 3.98. The Hall–Kier alpha value is -1.43. The van der Waals surface area contributed by atoms with Gasteiger partial charge in [-0.25, -0.2) is 0 Å². The number of amides is 1. The minimum atomic E-state index is -0.403. The summed E-state index contributed by atoms with van der Waals surface area (Å²) in [6.45, 7) is 6.70. The third-order valence-electron chi connectivity index (χ3n) is 5.33. The van der Waals surface area contributed by atoms with Crippen molar-refractivity contribution in [3.8, 4) is 0 Å². The first-order valence-corrected chi connectivity index (χ1v) is 9.85. The largest absolute Gasteiger partial charge is 0.365 e. The molecule has 140 valence electrons. The van der Waals surface area contributed by atoms with E-state index in [0.29, 0.717) is 11.7 Å². The van der Waals surface area contributed by atoms with Crippen molar-refractivity contribution in [2.24, 2.45) is 0 Å². The maximum absolute atomic E-state index is 13.1. The quantitative estimate of drug-likeness (QED) is 0.804. The maximum atomic E-state index is 13.1. The third-order valence-corrected chi connectivity index (χ3v) is 5.33. The molecule has 0 N–H and O–H groups in total. The second-order valence-electron chi connectivity index (χ2n) is 7.73. The van der Waals surface area contributed by atoms with E-state index in [1.807, 2.05) is 25.7 Å². The molecule has 2 aliphatic rings. The highest BCUT2D eigenvalue weighted by Gasteiger charge is 2.34.